The van der Waals surface area contributed by atoms with Crippen molar-refractivity contribution >= 4 is 22.6 Å². The minimum atomic E-state index is -0.411. The number of nitrogens with one attached hydrogen (secondary N) is 1. The van der Waals surface area contributed by atoms with Crippen LogP contribution in [0.15, 0.2) is 63.8 Å². The van der Waals surface area contributed by atoms with E-state index in [1.807, 2.05) is 18.2 Å². The first-order chi connectivity index (χ1) is 13.5. The van der Waals surface area contributed by atoms with Crippen LogP contribution in [0, 0.1) is 5.82 Å². The fourth-order valence-electron chi connectivity index (χ4n) is 2.71. The second-order valence-corrected chi connectivity index (χ2v) is 6.31. The summed E-state index contributed by atoms with van der Waals surface area (Å²) in [6, 6.07) is 14.3. The molecule has 0 aliphatic rings. The van der Waals surface area contributed by atoms with Crippen molar-refractivity contribution in [2.45, 2.75) is 6.42 Å². The number of rotatable bonds is 8. The number of nitrogens with zero attached hydrogens (tertiary/aromatic N) is 1. The maximum absolute atomic E-state index is 12.9. The van der Waals surface area contributed by atoms with Crippen LogP contribution >= 0.6 is 0 Å². The molecule has 2 aromatic carbocycles. The van der Waals surface area contributed by atoms with Crippen molar-refractivity contribution in [3.63, 3.8) is 0 Å². The minimum absolute atomic E-state index is 0.111. The van der Waals surface area contributed by atoms with Crippen molar-refractivity contribution in [1.29, 1.82) is 0 Å². The summed E-state index contributed by atoms with van der Waals surface area (Å²) in [7, 11) is 1.70. The third kappa shape index (κ3) is 5.09. The molecule has 1 N–H and O–H groups in total. The van der Waals surface area contributed by atoms with E-state index in [4.69, 9.17) is 9.15 Å². The highest BCUT2D eigenvalue weighted by Crippen LogP contribution is 2.20. The van der Waals surface area contributed by atoms with Crippen LogP contribution in [-0.2, 0) is 4.79 Å². The summed E-state index contributed by atoms with van der Waals surface area (Å²) >= 11 is 0. The summed E-state index contributed by atoms with van der Waals surface area (Å²) in [5, 5.41) is 4.05. The van der Waals surface area contributed by atoms with Crippen LogP contribution in [-0.4, -0.2) is 37.6 Å². The lowest BCUT2D eigenvalue weighted by Crippen LogP contribution is -2.33. The molecule has 146 valence electrons. The Morgan fingerprint density at radius 2 is 1.93 bits per heavy atom. The highest BCUT2D eigenvalue weighted by molar-refractivity contribution is 5.89. The molecule has 0 radical (unpaired) electrons. The summed E-state index contributed by atoms with van der Waals surface area (Å²) in [6.07, 6.45) is 0.688. The molecular weight excluding hydrogens is 363 g/mol. The molecule has 0 unspecified atom stereocenters. The molecule has 28 heavy (non-hydrogen) atoms. The van der Waals surface area contributed by atoms with Crippen molar-refractivity contribution in [2.75, 3.05) is 32.1 Å². The summed E-state index contributed by atoms with van der Waals surface area (Å²) in [6.45, 7) is 1.00. The van der Waals surface area contributed by atoms with Crippen molar-refractivity contribution in [1.82, 2.24) is 4.90 Å². The molecule has 7 heteroatoms. The first-order valence-electron chi connectivity index (χ1n) is 8.92. The normalized spacial score (nSPS) is 10.6. The first kappa shape index (κ1) is 19.4. The van der Waals surface area contributed by atoms with Gasteiger partial charge in [0, 0.05) is 31.6 Å². The quantitative estimate of drug-likeness (QED) is 0.477. The lowest BCUT2D eigenvalue weighted by Gasteiger charge is -2.18. The van der Waals surface area contributed by atoms with Crippen molar-refractivity contribution in [3.05, 3.63) is 70.8 Å². The van der Waals surface area contributed by atoms with Gasteiger partial charge in [0.25, 0.3) is 5.91 Å². The Balaban J connectivity index is 1.45. The largest absolute Gasteiger partial charge is 0.484 e. The average Bonchev–Trinajstić information content (AvgIpc) is 2.70. The number of likely N-dealkylation sites (N-methyl/N-ethyl adjacent to an activating group) is 1. The van der Waals surface area contributed by atoms with Crippen molar-refractivity contribution in [2.24, 2.45) is 0 Å². The molecule has 1 heterocycles. The zero-order valence-corrected chi connectivity index (χ0v) is 15.5. The molecule has 0 spiro atoms. The third-order valence-electron chi connectivity index (χ3n) is 4.24. The van der Waals surface area contributed by atoms with Gasteiger partial charge in [-0.3, -0.25) is 4.79 Å². The Morgan fingerprint density at radius 1 is 1.18 bits per heavy atom. The smallest absolute Gasteiger partial charge is 0.338 e. The molecule has 0 fully saturated rings. The first-order valence-corrected chi connectivity index (χ1v) is 8.92. The molecular formula is C21H21FN2O4. The summed E-state index contributed by atoms with van der Waals surface area (Å²) in [5.41, 5.74) is 0.828. The van der Waals surface area contributed by atoms with Gasteiger partial charge in [0.2, 0.25) is 0 Å². The van der Waals surface area contributed by atoms with E-state index < -0.39 is 5.63 Å². The van der Waals surface area contributed by atoms with Gasteiger partial charge in [-0.1, -0.05) is 12.1 Å². The number of halogens is 1. The molecule has 1 amide bonds. The van der Waals surface area contributed by atoms with E-state index in [0.29, 0.717) is 36.5 Å². The van der Waals surface area contributed by atoms with Crippen LogP contribution in [0.5, 0.6) is 5.75 Å². The predicted octanol–water partition coefficient (Wildman–Crippen LogP) is 3.27. The molecule has 0 aliphatic heterocycles. The molecule has 0 aliphatic carbocycles. The topological polar surface area (TPSA) is 71.8 Å². The van der Waals surface area contributed by atoms with Gasteiger partial charge in [0.05, 0.1) is 5.69 Å². The van der Waals surface area contributed by atoms with E-state index in [1.54, 1.807) is 18.0 Å². The summed E-state index contributed by atoms with van der Waals surface area (Å²) in [5.74, 6) is -0.0815. The Morgan fingerprint density at radius 3 is 2.71 bits per heavy atom. The summed E-state index contributed by atoms with van der Waals surface area (Å²) < 4.78 is 23.4. The molecule has 3 rings (SSSR count). The van der Waals surface area contributed by atoms with Crippen LogP contribution in [0.25, 0.3) is 11.0 Å². The Bertz CT molecular complexity index is 1000. The van der Waals surface area contributed by atoms with Gasteiger partial charge in [-0.15, -0.1) is 0 Å². The second-order valence-electron chi connectivity index (χ2n) is 6.31. The molecule has 0 saturated carbocycles. The van der Waals surface area contributed by atoms with E-state index in [2.05, 4.69) is 5.32 Å². The van der Waals surface area contributed by atoms with Gasteiger partial charge in [-0.05, 0) is 42.8 Å². The summed E-state index contributed by atoms with van der Waals surface area (Å²) in [4.78, 5) is 25.3. The van der Waals surface area contributed by atoms with Crippen molar-refractivity contribution in [3.8, 4) is 5.75 Å². The van der Waals surface area contributed by atoms with E-state index in [9.17, 15) is 14.0 Å². The Hall–Kier alpha value is -3.35. The zero-order chi connectivity index (χ0) is 19.9. The lowest BCUT2D eigenvalue weighted by molar-refractivity contribution is -0.132. The highest BCUT2D eigenvalue weighted by atomic mass is 19.1. The Labute approximate surface area is 161 Å². The van der Waals surface area contributed by atoms with Gasteiger partial charge < -0.3 is 19.4 Å². The van der Waals surface area contributed by atoms with E-state index in [1.165, 1.54) is 30.3 Å². The molecule has 6 nitrogen and oxygen atoms in total. The third-order valence-corrected chi connectivity index (χ3v) is 4.24. The number of hydrogen-bond donors (Lipinski definition) is 1. The van der Waals surface area contributed by atoms with Gasteiger partial charge in [-0.25, -0.2) is 9.18 Å². The second kappa shape index (κ2) is 9.03. The SMILES string of the molecule is CN(CCCNc1cc(=O)oc2ccccc12)C(=O)COc1ccc(F)cc1. The van der Waals surface area contributed by atoms with E-state index in [-0.39, 0.29) is 18.3 Å². The number of benzene rings is 2. The molecule has 3 aromatic rings. The number of carbonyl (C=O) groups excluding carboxylic acids is 1. The fourth-order valence-corrected chi connectivity index (χ4v) is 2.71. The highest BCUT2D eigenvalue weighted by Gasteiger charge is 2.10. The Kier molecular flexibility index (Phi) is 6.26. The van der Waals surface area contributed by atoms with Crippen LogP contribution in [0.4, 0.5) is 10.1 Å². The van der Waals surface area contributed by atoms with Crippen molar-refractivity contribution < 1.29 is 18.3 Å². The lowest BCUT2D eigenvalue weighted by atomic mass is 10.2. The fraction of sp³-hybridized carbons (Fsp3) is 0.238. The predicted molar refractivity (Wildman–Crippen MR) is 105 cm³/mol. The molecule has 0 saturated heterocycles. The molecule has 1 aromatic heterocycles. The van der Waals surface area contributed by atoms with Gasteiger partial charge in [0.1, 0.15) is 17.1 Å². The van der Waals surface area contributed by atoms with Crippen LogP contribution in [0.1, 0.15) is 6.42 Å². The number of hydrogen-bond acceptors (Lipinski definition) is 5. The van der Waals surface area contributed by atoms with Crippen LogP contribution < -0.4 is 15.7 Å². The maximum atomic E-state index is 12.9. The van der Waals surface area contributed by atoms with Gasteiger partial charge in [-0.2, -0.15) is 0 Å². The van der Waals surface area contributed by atoms with Gasteiger partial charge in [0.15, 0.2) is 6.61 Å². The number of fused-ring (bicyclic) bond motifs is 1. The average molecular weight is 384 g/mol. The number of amides is 1. The van der Waals surface area contributed by atoms with Gasteiger partial charge >= 0.3 is 5.63 Å². The monoisotopic (exact) mass is 384 g/mol. The number of carbonyl (C=O) groups is 1. The minimum Gasteiger partial charge on any atom is -0.484 e. The molecule has 0 atom stereocenters. The maximum Gasteiger partial charge on any atom is 0.338 e. The molecule has 0 bridgehead atoms. The standard InChI is InChI=1S/C21H21FN2O4/c1-24(20(25)14-27-16-9-7-15(22)8-10-16)12-4-11-23-18-13-21(26)28-19-6-3-2-5-17(18)19/h2-3,5-10,13,23H,4,11-12,14H2,1H3. The number of anilines is 1. The van der Waals surface area contributed by atoms with E-state index in [0.717, 1.165) is 5.39 Å². The number of para-hydroxylation sites is 1. The van der Waals surface area contributed by atoms with Crippen LogP contribution in [0.3, 0.4) is 0 Å². The number of ether oxygens (including phenoxy) is 1. The van der Waals surface area contributed by atoms with Crippen LogP contribution in [0.2, 0.25) is 0 Å². The zero-order valence-electron chi connectivity index (χ0n) is 15.5. The van der Waals surface area contributed by atoms with E-state index >= 15 is 0 Å².